The first-order valence-corrected chi connectivity index (χ1v) is 14.7. The summed E-state index contributed by atoms with van der Waals surface area (Å²) in [5, 5.41) is 10.2. The molecule has 0 amide bonds. The molecule has 0 unspecified atom stereocenters. The molecule has 0 spiro atoms. The van der Waals surface area contributed by atoms with Crippen molar-refractivity contribution in [1.82, 2.24) is 15.0 Å². The standard InChI is InChI=1S/C40H30N4O2/c45-40(46)39-29-38(16-11-35(39)10-5-34-21-27-43-28-22-34)44(36-12-6-30(7-13-36)1-3-32-17-23-41-24-18-32)37-14-8-31(9-15-37)2-4-33-19-25-42-26-20-33/h1-29H,(H,45,46)/b3-1+,4-2+,10-5+. The highest BCUT2D eigenvalue weighted by Crippen LogP contribution is 2.36. The highest BCUT2D eigenvalue weighted by molar-refractivity contribution is 5.96. The Morgan fingerprint density at radius 3 is 1.20 bits per heavy atom. The van der Waals surface area contributed by atoms with Crippen molar-refractivity contribution < 1.29 is 9.90 Å². The van der Waals surface area contributed by atoms with Crippen LogP contribution in [-0.4, -0.2) is 26.0 Å². The van der Waals surface area contributed by atoms with Gasteiger partial charge in [-0.1, -0.05) is 66.8 Å². The van der Waals surface area contributed by atoms with E-state index in [0.717, 1.165) is 44.9 Å². The van der Waals surface area contributed by atoms with Gasteiger partial charge in [0.25, 0.3) is 0 Å². The Morgan fingerprint density at radius 2 is 0.804 bits per heavy atom. The number of carboxylic acid groups (broad SMARTS) is 1. The number of anilines is 3. The van der Waals surface area contributed by atoms with E-state index >= 15 is 0 Å². The van der Waals surface area contributed by atoms with Crippen LogP contribution in [0.1, 0.15) is 43.7 Å². The van der Waals surface area contributed by atoms with Crippen molar-refractivity contribution >= 4 is 59.5 Å². The number of rotatable bonds is 10. The Labute approximate surface area is 268 Å². The molecule has 0 aliphatic carbocycles. The molecule has 0 bridgehead atoms. The number of hydrogen-bond acceptors (Lipinski definition) is 5. The van der Waals surface area contributed by atoms with Crippen LogP contribution in [0.25, 0.3) is 36.5 Å². The number of aromatic nitrogens is 3. The SMILES string of the molecule is O=C(O)c1cc(N(c2ccc(/C=C/c3ccncc3)cc2)c2ccc(/C=C/c3ccncc3)cc2)ccc1/C=C/c1ccncc1. The van der Waals surface area contributed by atoms with E-state index in [-0.39, 0.29) is 5.56 Å². The first-order valence-electron chi connectivity index (χ1n) is 14.7. The maximum absolute atomic E-state index is 12.5. The second kappa shape index (κ2) is 14.4. The first-order chi connectivity index (χ1) is 22.6. The number of carbonyl (C=O) groups is 1. The average molecular weight is 599 g/mol. The summed E-state index contributed by atoms with van der Waals surface area (Å²) in [7, 11) is 0. The third kappa shape index (κ3) is 7.56. The molecule has 3 heterocycles. The fourth-order valence-corrected chi connectivity index (χ4v) is 4.92. The molecule has 222 valence electrons. The molecule has 46 heavy (non-hydrogen) atoms. The first kappa shape index (κ1) is 29.7. The minimum atomic E-state index is -0.996. The van der Waals surface area contributed by atoms with E-state index in [4.69, 9.17) is 0 Å². The maximum Gasteiger partial charge on any atom is 0.336 e. The highest BCUT2D eigenvalue weighted by Gasteiger charge is 2.17. The van der Waals surface area contributed by atoms with Crippen LogP contribution in [0, 0.1) is 0 Å². The lowest BCUT2D eigenvalue weighted by Crippen LogP contribution is -2.11. The predicted octanol–water partition coefficient (Wildman–Crippen LogP) is 9.55. The minimum absolute atomic E-state index is 0.210. The zero-order valence-corrected chi connectivity index (χ0v) is 24.9. The molecule has 0 fully saturated rings. The van der Waals surface area contributed by atoms with Gasteiger partial charge in [-0.05, 0) is 106 Å². The monoisotopic (exact) mass is 598 g/mol. The zero-order chi connectivity index (χ0) is 31.6. The van der Waals surface area contributed by atoms with Gasteiger partial charge in [-0.3, -0.25) is 15.0 Å². The van der Waals surface area contributed by atoms with E-state index in [2.05, 4.69) is 56.3 Å². The minimum Gasteiger partial charge on any atom is -0.478 e. The summed E-state index contributed by atoms with van der Waals surface area (Å²) < 4.78 is 0. The summed E-state index contributed by atoms with van der Waals surface area (Å²) in [4.78, 5) is 26.7. The van der Waals surface area contributed by atoms with E-state index in [9.17, 15) is 9.90 Å². The lowest BCUT2D eigenvalue weighted by atomic mass is 10.0. The Hall–Kier alpha value is -6.40. The summed E-state index contributed by atoms with van der Waals surface area (Å²) in [5.41, 5.74) is 8.51. The molecule has 3 aromatic heterocycles. The lowest BCUT2D eigenvalue weighted by Gasteiger charge is -2.26. The van der Waals surface area contributed by atoms with E-state index in [0.29, 0.717) is 5.56 Å². The van der Waals surface area contributed by atoms with Gasteiger partial charge in [-0.25, -0.2) is 4.79 Å². The Kier molecular flexibility index (Phi) is 9.27. The van der Waals surface area contributed by atoms with Crippen LogP contribution in [-0.2, 0) is 0 Å². The van der Waals surface area contributed by atoms with Crippen molar-refractivity contribution in [2.75, 3.05) is 4.90 Å². The molecule has 3 aromatic carbocycles. The summed E-state index contributed by atoms with van der Waals surface area (Å²) in [6.45, 7) is 0. The topological polar surface area (TPSA) is 79.2 Å². The van der Waals surface area contributed by atoms with Crippen molar-refractivity contribution in [1.29, 1.82) is 0 Å². The van der Waals surface area contributed by atoms with Gasteiger partial charge in [0.15, 0.2) is 0 Å². The van der Waals surface area contributed by atoms with E-state index in [1.165, 1.54) is 0 Å². The van der Waals surface area contributed by atoms with Crippen molar-refractivity contribution in [3.05, 3.63) is 179 Å². The summed E-state index contributed by atoms with van der Waals surface area (Å²) in [6.07, 6.45) is 22.4. The number of pyridine rings is 3. The van der Waals surface area contributed by atoms with Crippen LogP contribution < -0.4 is 4.90 Å². The molecule has 0 aliphatic rings. The van der Waals surface area contributed by atoms with Crippen molar-refractivity contribution in [2.24, 2.45) is 0 Å². The summed E-state index contributed by atoms with van der Waals surface area (Å²) >= 11 is 0. The second-order valence-corrected chi connectivity index (χ2v) is 10.4. The van der Waals surface area contributed by atoms with Crippen LogP contribution in [0.3, 0.4) is 0 Å². The molecule has 6 rings (SSSR count). The van der Waals surface area contributed by atoms with E-state index < -0.39 is 5.97 Å². The Balaban J connectivity index is 1.35. The molecule has 6 heteroatoms. The lowest BCUT2D eigenvalue weighted by molar-refractivity contribution is 0.0696. The van der Waals surface area contributed by atoms with Gasteiger partial charge in [0.05, 0.1) is 5.56 Å². The largest absolute Gasteiger partial charge is 0.478 e. The number of nitrogens with zero attached hydrogens (tertiary/aromatic N) is 4. The molecule has 1 N–H and O–H groups in total. The van der Waals surface area contributed by atoms with Crippen LogP contribution >= 0.6 is 0 Å². The van der Waals surface area contributed by atoms with E-state index in [1.54, 1.807) is 43.2 Å². The molecule has 0 atom stereocenters. The van der Waals surface area contributed by atoms with Crippen LogP contribution in [0.15, 0.2) is 140 Å². The van der Waals surface area contributed by atoms with Gasteiger partial charge in [0.2, 0.25) is 0 Å². The Bertz CT molecular complexity index is 1890. The smallest absolute Gasteiger partial charge is 0.336 e. The van der Waals surface area contributed by atoms with Crippen molar-refractivity contribution in [2.45, 2.75) is 0 Å². The van der Waals surface area contributed by atoms with Gasteiger partial charge < -0.3 is 10.0 Å². The Morgan fingerprint density at radius 1 is 0.457 bits per heavy atom. The number of aromatic carboxylic acids is 1. The molecule has 0 radical (unpaired) electrons. The molecule has 0 saturated carbocycles. The molecule has 6 nitrogen and oxygen atoms in total. The third-order valence-electron chi connectivity index (χ3n) is 7.34. The molecule has 0 saturated heterocycles. The zero-order valence-electron chi connectivity index (χ0n) is 24.9. The normalized spacial score (nSPS) is 11.4. The van der Waals surface area contributed by atoms with Gasteiger partial charge in [0, 0.05) is 54.2 Å². The van der Waals surface area contributed by atoms with Gasteiger partial charge >= 0.3 is 5.97 Å². The average Bonchev–Trinajstić information content (AvgIpc) is 3.11. The van der Waals surface area contributed by atoms with Gasteiger partial charge in [-0.2, -0.15) is 0 Å². The fraction of sp³-hybridized carbons (Fsp3) is 0. The van der Waals surface area contributed by atoms with Crippen LogP contribution in [0.5, 0.6) is 0 Å². The van der Waals surface area contributed by atoms with E-state index in [1.807, 2.05) is 97.1 Å². The highest BCUT2D eigenvalue weighted by atomic mass is 16.4. The fourth-order valence-electron chi connectivity index (χ4n) is 4.92. The van der Waals surface area contributed by atoms with Gasteiger partial charge in [-0.15, -0.1) is 0 Å². The van der Waals surface area contributed by atoms with Gasteiger partial charge in [0.1, 0.15) is 0 Å². The second-order valence-electron chi connectivity index (χ2n) is 10.4. The summed E-state index contributed by atoms with van der Waals surface area (Å²) in [5.74, 6) is -0.996. The van der Waals surface area contributed by atoms with Crippen LogP contribution in [0.4, 0.5) is 17.1 Å². The molecule has 6 aromatic rings. The number of hydrogen-bond donors (Lipinski definition) is 1. The third-order valence-corrected chi connectivity index (χ3v) is 7.34. The molecular weight excluding hydrogens is 568 g/mol. The summed E-state index contributed by atoms with van der Waals surface area (Å²) in [6, 6.07) is 33.5. The quantitative estimate of drug-likeness (QED) is 0.169. The predicted molar refractivity (Wildman–Crippen MR) is 188 cm³/mol. The van der Waals surface area contributed by atoms with Crippen molar-refractivity contribution in [3.63, 3.8) is 0 Å². The number of benzene rings is 3. The molecular formula is C40H30N4O2. The number of carboxylic acids is 1. The van der Waals surface area contributed by atoms with Crippen LogP contribution in [0.2, 0.25) is 0 Å². The maximum atomic E-state index is 12.5. The van der Waals surface area contributed by atoms with Crippen molar-refractivity contribution in [3.8, 4) is 0 Å². The molecule has 0 aliphatic heterocycles.